The van der Waals surface area contributed by atoms with Crippen LogP contribution in [0, 0.1) is 16.0 Å². The highest BCUT2D eigenvalue weighted by Crippen LogP contribution is 2.48. The first-order chi connectivity index (χ1) is 18.8. The molecule has 2 atom stereocenters. The Hall–Kier alpha value is -3.89. The van der Waals surface area contributed by atoms with Crippen molar-refractivity contribution in [2.45, 2.75) is 78.1 Å². The molecule has 0 amide bonds. The van der Waals surface area contributed by atoms with Crippen molar-refractivity contribution in [3.8, 4) is 11.5 Å². The minimum Gasteiger partial charge on any atom is -0.507 e. The van der Waals surface area contributed by atoms with Crippen LogP contribution >= 0.6 is 0 Å². The number of nitrogens with zero attached hydrogens (tertiary/aromatic N) is 1. The van der Waals surface area contributed by atoms with Crippen LogP contribution in [0.15, 0.2) is 35.9 Å². The second-order valence-corrected chi connectivity index (χ2v) is 10.4. The van der Waals surface area contributed by atoms with Crippen molar-refractivity contribution in [1.82, 2.24) is 0 Å². The fourth-order valence-electron chi connectivity index (χ4n) is 4.54. The van der Waals surface area contributed by atoms with Gasteiger partial charge in [-0.1, -0.05) is 25.2 Å². The molecule has 1 N–H and O–H groups in total. The van der Waals surface area contributed by atoms with Gasteiger partial charge in [0.05, 0.1) is 18.6 Å². The Morgan fingerprint density at radius 1 is 1.18 bits per heavy atom. The summed E-state index contributed by atoms with van der Waals surface area (Å²) in [6.45, 7) is 12.5. The summed E-state index contributed by atoms with van der Waals surface area (Å²) in [4.78, 5) is 51.7. The number of hydrogen-bond acceptors (Lipinski definition) is 10. The number of rotatable bonds is 14. The molecule has 1 aromatic carbocycles. The van der Waals surface area contributed by atoms with Gasteiger partial charge in [0.15, 0.2) is 0 Å². The van der Waals surface area contributed by atoms with Gasteiger partial charge in [0.2, 0.25) is 0 Å². The van der Waals surface area contributed by atoms with E-state index in [9.17, 15) is 29.6 Å². The maximum atomic E-state index is 12.9. The Balaban J connectivity index is 2.57. The Kier molecular flexibility index (Phi) is 11.7. The first-order valence-electron chi connectivity index (χ1n) is 13.3. The molecule has 0 fully saturated rings. The van der Waals surface area contributed by atoms with Crippen LogP contribution in [0.5, 0.6) is 11.5 Å². The molecule has 1 aromatic rings. The van der Waals surface area contributed by atoms with Crippen molar-refractivity contribution in [2.75, 3.05) is 19.8 Å². The van der Waals surface area contributed by atoms with Crippen LogP contribution in [-0.4, -0.2) is 47.9 Å². The predicted octanol–water partition coefficient (Wildman–Crippen LogP) is 5.08. The third kappa shape index (κ3) is 8.82. The topological polar surface area (TPSA) is 152 Å². The maximum absolute atomic E-state index is 12.9. The van der Waals surface area contributed by atoms with Crippen LogP contribution in [0.3, 0.4) is 0 Å². The number of aromatic hydroxyl groups is 1. The number of esters is 3. The lowest BCUT2D eigenvalue weighted by Gasteiger charge is -2.33. The van der Waals surface area contributed by atoms with Crippen LogP contribution in [-0.2, 0) is 34.1 Å². The normalized spacial score (nSPS) is 16.9. The molecule has 0 spiro atoms. The van der Waals surface area contributed by atoms with E-state index >= 15 is 0 Å². The number of carbonyl (C=O) groups is 3. The molecule has 0 heterocycles. The van der Waals surface area contributed by atoms with Gasteiger partial charge in [0, 0.05) is 24.8 Å². The van der Waals surface area contributed by atoms with Gasteiger partial charge in [-0.15, -0.1) is 10.1 Å². The van der Waals surface area contributed by atoms with Gasteiger partial charge >= 0.3 is 17.9 Å². The second-order valence-electron chi connectivity index (χ2n) is 10.4. The molecule has 2 rings (SSSR count). The Labute approximate surface area is 234 Å². The van der Waals surface area contributed by atoms with Crippen LogP contribution in [0.25, 0.3) is 0 Å². The first kappa shape index (κ1) is 32.3. The first-order valence-corrected chi connectivity index (χ1v) is 13.3. The van der Waals surface area contributed by atoms with Crippen molar-refractivity contribution in [3.05, 3.63) is 57.2 Å². The highest BCUT2D eigenvalue weighted by Gasteiger charge is 2.36. The Morgan fingerprint density at radius 2 is 1.88 bits per heavy atom. The van der Waals surface area contributed by atoms with Gasteiger partial charge in [0.1, 0.15) is 18.1 Å². The lowest BCUT2D eigenvalue weighted by atomic mass is 9.73. The van der Waals surface area contributed by atoms with Crippen LogP contribution < -0.4 is 4.74 Å². The Morgan fingerprint density at radius 3 is 2.48 bits per heavy atom. The standard InChI is InChI=1S/C29H39NO10/c1-7-12-37-28(34)29(5,6)21-15-24(32)27(25(16-21)40-26(33)9-8-13-39-30(35)36)23-14-20(17-38-19(4)31)10-11-22(23)18(2)3/h14-16,22-23,32H,2,7-13,17H2,1,3-6H3. The third-order valence-corrected chi connectivity index (χ3v) is 6.79. The SMILES string of the molecule is C=C(C)C1CCC(COC(C)=O)=CC1c1c(O)cc(C(C)(C)C(=O)OCCC)cc1OC(=O)CCCO[N+](=O)[O-]. The lowest BCUT2D eigenvalue weighted by molar-refractivity contribution is -0.757. The highest BCUT2D eigenvalue weighted by atomic mass is 16.9. The summed E-state index contributed by atoms with van der Waals surface area (Å²) in [6, 6.07) is 3.01. The van der Waals surface area contributed by atoms with E-state index < -0.39 is 34.3 Å². The van der Waals surface area contributed by atoms with Crippen molar-refractivity contribution < 1.29 is 43.6 Å². The summed E-state index contributed by atoms with van der Waals surface area (Å²) < 4.78 is 16.3. The second kappa shape index (κ2) is 14.5. The van der Waals surface area contributed by atoms with Crippen LogP contribution in [0.2, 0.25) is 0 Å². The number of phenols is 1. The number of allylic oxidation sites excluding steroid dienone is 2. The molecule has 0 saturated heterocycles. The third-order valence-electron chi connectivity index (χ3n) is 6.79. The fourth-order valence-corrected chi connectivity index (χ4v) is 4.54. The van der Waals surface area contributed by atoms with E-state index in [4.69, 9.17) is 14.2 Å². The highest BCUT2D eigenvalue weighted by molar-refractivity contribution is 5.83. The van der Waals surface area contributed by atoms with Gasteiger partial charge in [0.25, 0.3) is 5.09 Å². The summed E-state index contributed by atoms with van der Waals surface area (Å²) in [5.41, 5.74) is 1.22. The van der Waals surface area contributed by atoms with Gasteiger partial charge < -0.3 is 24.2 Å². The zero-order valence-corrected chi connectivity index (χ0v) is 23.8. The van der Waals surface area contributed by atoms with Gasteiger partial charge in [-0.2, -0.15) is 0 Å². The van der Waals surface area contributed by atoms with Crippen molar-refractivity contribution >= 4 is 17.9 Å². The molecule has 0 saturated carbocycles. The number of phenolic OH excluding ortho intramolecular Hbond substituents is 1. The van der Waals surface area contributed by atoms with Gasteiger partial charge in [-0.05, 0) is 75.6 Å². The maximum Gasteiger partial charge on any atom is 0.315 e. The van der Waals surface area contributed by atoms with Gasteiger partial charge in [-0.25, -0.2) is 0 Å². The molecule has 220 valence electrons. The van der Waals surface area contributed by atoms with Crippen molar-refractivity contribution in [2.24, 2.45) is 5.92 Å². The smallest absolute Gasteiger partial charge is 0.315 e. The van der Waals surface area contributed by atoms with Crippen LogP contribution in [0.1, 0.15) is 83.8 Å². The zero-order chi connectivity index (χ0) is 30.0. The largest absolute Gasteiger partial charge is 0.507 e. The fraction of sp³-hybridized carbons (Fsp3) is 0.552. The van der Waals surface area contributed by atoms with Gasteiger partial charge in [-0.3, -0.25) is 14.4 Å². The molecular formula is C29H39NO10. The predicted molar refractivity (Wildman–Crippen MR) is 145 cm³/mol. The average Bonchev–Trinajstić information content (AvgIpc) is 2.87. The Bertz CT molecular complexity index is 1150. The number of hydrogen-bond donors (Lipinski definition) is 1. The summed E-state index contributed by atoms with van der Waals surface area (Å²) >= 11 is 0. The molecule has 2 unspecified atom stereocenters. The zero-order valence-electron chi connectivity index (χ0n) is 23.8. The molecule has 11 heteroatoms. The number of benzene rings is 1. The molecule has 1 aliphatic rings. The molecule has 0 aliphatic heterocycles. The van der Waals surface area contributed by atoms with Crippen molar-refractivity contribution in [1.29, 1.82) is 0 Å². The summed E-state index contributed by atoms with van der Waals surface area (Å²) in [6.07, 6.45) is 3.71. The minimum atomic E-state index is -1.18. The molecule has 40 heavy (non-hydrogen) atoms. The molecule has 0 radical (unpaired) electrons. The number of carbonyl (C=O) groups excluding carboxylic acids is 3. The lowest BCUT2D eigenvalue weighted by Crippen LogP contribution is -2.31. The van der Waals surface area contributed by atoms with Crippen molar-refractivity contribution in [3.63, 3.8) is 0 Å². The van der Waals surface area contributed by atoms with E-state index in [-0.39, 0.29) is 50.1 Å². The van der Waals surface area contributed by atoms with E-state index in [1.165, 1.54) is 19.1 Å². The van der Waals surface area contributed by atoms with E-state index in [2.05, 4.69) is 11.4 Å². The quantitative estimate of drug-likeness (QED) is 0.0813. The average molecular weight is 562 g/mol. The summed E-state index contributed by atoms with van der Waals surface area (Å²) in [5.74, 6) is -2.34. The summed E-state index contributed by atoms with van der Waals surface area (Å²) in [5, 5.41) is 20.8. The molecule has 11 nitrogen and oxygen atoms in total. The molecule has 0 bridgehead atoms. The van der Waals surface area contributed by atoms with E-state index in [1.54, 1.807) is 13.8 Å². The number of ether oxygens (including phenoxy) is 3. The monoisotopic (exact) mass is 561 g/mol. The minimum absolute atomic E-state index is 0.0416. The van der Waals surface area contributed by atoms with Crippen LogP contribution in [0.4, 0.5) is 0 Å². The van der Waals surface area contributed by atoms with E-state index in [0.29, 0.717) is 30.4 Å². The molecular weight excluding hydrogens is 522 g/mol. The molecule has 1 aliphatic carbocycles. The molecule has 0 aromatic heterocycles. The van der Waals surface area contributed by atoms with E-state index in [1.807, 2.05) is 19.9 Å². The summed E-state index contributed by atoms with van der Waals surface area (Å²) in [7, 11) is 0. The van der Waals surface area contributed by atoms with E-state index in [0.717, 1.165) is 11.1 Å².